The summed E-state index contributed by atoms with van der Waals surface area (Å²) in [5.41, 5.74) is 0. The molecule has 0 saturated carbocycles. The van der Waals surface area contributed by atoms with Crippen LogP contribution in [0.1, 0.15) is 19.3 Å². The Morgan fingerprint density at radius 2 is 2.30 bits per heavy atom. The van der Waals surface area contributed by atoms with Crippen molar-refractivity contribution in [3.63, 3.8) is 0 Å². The fourth-order valence-electron chi connectivity index (χ4n) is 2.31. The second-order valence-electron chi connectivity index (χ2n) is 4.77. The summed E-state index contributed by atoms with van der Waals surface area (Å²) in [6, 6.07) is 5.36. The van der Waals surface area contributed by atoms with Gasteiger partial charge in [-0.25, -0.2) is 13.1 Å². The van der Waals surface area contributed by atoms with Crippen molar-refractivity contribution in [1.29, 1.82) is 0 Å². The quantitative estimate of drug-likeness (QED) is 0.810. The first-order valence-electron chi connectivity index (χ1n) is 6.59. The van der Waals surface area contributed by atoms with Gasteiger partial charge in [-0.1, -0.05) is 15.9 Å². The lowest BCUT2D eigenvalue weighted by Crippen LogP contribution is -2.30. The summed E-state index contributed by atoms with van der Waals surface area (Å²) < 4.78 is 33.1. The lowest BCUT2D eigenvalue weighted by molar-refractivity contribution is 0.402. The standard InChI is InChI=1S/C13H19BrN2O3S/c1-19-12-5-4-10(14)9-13(12)20(17,18)16-8-6-11-3-2-7-15-11/h4-5,9,11,15-16H,2-3,6-8H2,1H3. The van der Waals surface area contributed by atoms with Gasteiger partial charge in [-0.3, -0.25) is 0 Å². The van der Waals surface area contributed by atoms with E-state index in [0.29, 0.717) is 22.8 Å². The number of hydrogen-bond acceptors (Lipinski definition) is 4. The van der Waals surface area contributed by atoms with Crippen LogP contribution in [-0.4, -0.2) is 34.7 Å². The summed E-state index contributed by atoms with van der Waals surface area (Å²) in [4.78, 5) is 0.161. The number of rotatable bonds is 6. The molecule has 1 aliphatic rings. The zero-order chi connectivity index (χ0) is 14.6. The lowest BCUT2D eigenvalue weighted by atomic mass is 10.2. The normalized spacial score (nSPS) is 19.2. The molecular formula is C13H19BrN2O3S. The van der Waals surface area contributed by atoms with E-state index in [-0.39, 0.29) is 4.90 Å². The highest BCUT2D eigenvalue weighted by molar-refractivity contribution is 9.10. The molecule has 0 radical (unpaired) electrons. The molecule has 1 aromatic carbocycles. The fraction of sp³-hybridized carbons (Fsp3) is 0.538. The largest absolute Gasteiger partial charge is 0.495 e. The first-order chi connectivity index (χ1) is 9.53. The van der Waals surface area contributed by atoms with Crippen LogP contribution in [0.4, 0.5) is 0 Å². The molecule has 1 heterocycles. The van der Waals surface area contributed by atoms with Crippen LogP contribution in [0.15, 0.2) is 27.6 Å². The van der Waals surface area contributed by atoms with Crippen molar-refractivity contribution >= 4 is 26.0 Å². The summed E-state index contributed by atoms with van der Waals surface area (Å²) in [5, 5.41) is 3.35. The van der Waals surface area contributed by atoms with E-state index in [1.165, 1.54) is 7.11 Å². The maximum Gasteiger partial charge on any atom is 0.244 e. The van der Waals surface area contributed by atoms with Crippen molar-refractivity contribution in [3.8, 4) is 5.75 Å². The van der Waals surface area contributed by atoms with Crippen molar-refractivity contribution < 1.29 is 13.2 Å². The van der Waals surface area contributed by atoms with Gasteiger partial charge < -0.3 is 10.1 Å². The Kier molecular flexibility index (Phi) is 5.42. The average Bonchev–Trinajstić information content (AvgIpc) is 2.91. The number of methoxy groups -OCH3 is 1. The van der Waals surface area contributed by atoms with Gasteiger partial charge in [0.25, 0.3) is 0 Å². The van der Waals surface area contributed by atoms with Crippen LogP contribution in [0.25, 0.3) is 0 Å². The minimum Gasteiger partial charge on any atom is -0.495 e. The van der Waals surface area contributed by atoms with Crippen LogP contribution in [0.2, 0.25) is 0 Å². The molecule has 20 heavy (non-hydrogen) atoms. The van der Waals surface area contributed by atoms with Gasteiger partial charge in [0.05, 0.1) is 7.11 Å². The Morgan fingerprint density at radius 1 is 1.50 bits per heavy atom. The van der Waals surface area contributed by atoms with Gasteiger partial charge in [0.15, 0.2) is 0 Å². The molecule has 1 fully saturated rings. The van der Waals surface area contributed by atoms with Crippen LogP contribution >= 0.6 is 15.9 Å². The molecule has 1 atom stereocenters. The topological polar surface area (TPSA) is 67.4 Å². The third-order valence-corrected chi connectivity index (χ3v) is 5.34. The van der Waals surface area contributed by atoms with Crippen LogP contribution in [-0.2, 0) is 10.0 Å². The Bertz CT molecular complexity index is 557. The van der Waals surface area contributed by atoms with Crippen molar-refractivity contribution in [2.75, 3.05) is 20.2 Å². The van der Waals surface area contributed by atoms with Crippen molar-refractivity contribution in [2.24, 2.45) is 0 Å². The summed E-state index contributed by atoms with van der Waals surface area (Å²) >= 11 is 3.28. The highest BCUT2D eigenvalue weighted by Gasteiger charge is 2.21. The Labute approximate surface area is 128 Å². The molecule has 2 rings (SSSR count). The first-order valence-corrected chi connectivity index (χ1v) is 8.87. The molecule has 1 unspecified atom stereocenters. The number of nitrogens with one attached hydrogen (secondary N) is 2. The van der Waals surface area contributed by atoms with Gasteiger partial charge in [-0.15, -0.1) is 0 Å². The Balaban J connectivity index is 2.03. The van der Waals surface area contributed by atoms with Gasteiger partial charge >= 0.3 is 0 Å². The van der Waals surface area contributed by atoms with Crippen LogP contribution in [0, 0.1) is 0 Å². The molecular weight excluding hydrogens is 344 g/mol. The van der Waals surface area contributed by atoms with E-state index in [1.54, 1.807) is 18.2 Å². The zero-order valence-corrected chi connectivity index (χ0v) is 13.8. The van der Waals surface area contributed by atoms with E-state index in [4.69, 9.17) is 4.74 Å². The molecule has 0 spiro atoms. The minimum absolute atomic E-state index is 0.161. The van der Waals surface area contributed by atoms with Crippen molar-refractivity contribution in [2.45, 2.75) is 30.2 Å². The van der Waals surface area contributed by atoms with Crippen molar-refractivity contribution in [3.05, 3.63) is 22.7 Å². The smallest absolute Gasteiger partial charge is 0.244 e. The minimum atomic E-state index is -3.55. The van der Waals surface area contributed by atoms with E-state index in [9.17, 15) is 8.42 Å². The highest BCUT2D eigenvalue weighted by atomic mass is 79.9. The fourth-order valence-corrected chi connectivity index (χ4v) is 4.06. The molecule has 112 valence electrons. The van der Waals surface area contributed by atoms with E-state index in [2.05, 4.69) is 26.0 Å². The number of ether oxygens (including phenoxy) is 1. The molecule has 5 nitrogen and oxygen atoms in total. The van der Waals surface area contributed by atoms with Crippen LogP contribution < -0.4 is 14.8 Å². The third-order valence-electron chi connectivity index (χ3n) is 3.36. The maximum absolute atomic E-state index is 12.3. The van der Waals surface area contributed by atoms with Gasteiger partial charge in [-0.2, -0.15) is 0 Å². The SMILES string of the molecule is COc1ccc(Br)cc1S(=O)(=O)NCCC1CCCN1. The molecule has 0 bridgehead atoms. The second-order valence-corrected chi connectivity index (χ2v) is 7.43. The molecule has 1 saturated heterocycles. The number of benzene rings is 1. The van der Waals surface area contributed by atoms with E-state index < -0.39 is 10.0 Å². The maximum atomic E-state index is 12.3. The summed E-state index contributed by atoms with van der Waals surface area (Å²) in [7, 11) is -2.09. The molecule has 1 aromatic rings. The zero-order valence-electron chi connectivity index (χ0n) is 11.4. The average molecular weight is 363 g/mol. The van der Waals surface area contributed by atoms with Gasteiger partial charge in [0.2, 0.25) is 10.0 Å². The number of hydrogen-bond donors (Lipinski definition) is 2. The Hall–Kier alpha value is -0.630. The second kappa shape index (κ2) is 6.89. The predicted octanol–water partition coefficient (Wildman–Crippen LogP) is 1.88. The highest BCUT2D eigenvalue weighted by Crippen LogP contribution is 2.27. The van der Waals surface area contributed by atoms with E-state index in [1.807, 2.05) is 0 Å². The van der Waals surface area contributed by atoms with Gasteiger partial charge in [-0.05, 0) is 44.0 Å². The molecule has 0 aliphatic carbocycles. The number of halogens is 1. The van der Waals surface area contributed by atoms with Crippen LogP contribution in [0.5, 0.6) is 5.75 Å². The lowest BCUT2D eigenvalue weighted by Gasteiger charge is -2.13. The predicted molar refractivity (Wildman–Crippen MR) is 81.5 cm³/mol. The van der Waals surface area contributed by atoms with Gasteiger partial charge in [0.1, 0.15) is 10.6 Å². The van der Waals surface area contributed by atoms with E-state index >= 15 is 0 Å². The Morgan fingerprint density at radius 3 is 2.95 bits per heavy atom. The summed E-state index contributed by atoms with van der Waals surface area (Å²) in [5.74, 6) is 0.347. The first kappa shape index (κ1) is 15.8. The van der Waals surface area contributed by atoms with Crippen LogP contribution in [0.3, 0.4) is 0 Å². The molecule has 0 amide bonds. The molecule has 1 aliphatic heterocycles. The van der Waals surface area contributed by atoms with Crippen molar-refractivity contribution in [1.82, 2.24) is 10.0 Å². The summed E-state index contributed by atoms with van der Waals surface area (Å²) in [6.07, 6.45) is 3.08. The summed E-state index contributed by atoms with van der Waals surface area (Å²) in [6.45, 7) is 1.45. The molecule has 7 heteroatoms. The van der Waals surface area contributed by atoms with Gasteiger partial charge in [0, 0.05) is 17.1 Å². The van der Waals surface area contributed by atoms with E-state index in [0.717, 1.165) is 25.8 Å². The number of sulfonamides is 1. The molecule has 0 aromatic heterocycles. The monoisotopic (exact) mass is 362 g/mol. The third kappa shape index (κ3) is 3.94. The molecule has 2 N–H and O–H groups in total.